The van der Waals surface area contributed by atoms with Gasteiger partial charge in [-0.1, -0.05) is 6.07 Å². The van der Waals surface area contributed by atoms with Crippen LogP contribution in [0.25, 0.3) is 0 Å². The summed E-state index contributed by atoms with van der Waals surface area (Å²) in [5.74, 6) is -0.701. The first-order valence-electron chi connectivity index (χ1n) is 5.56. The van der Waals surface area contributed by atoms with Gasteiger partial charge in [-0.2, -0.15) is 0 Å². The van der Waals surface area contributed by atoms with Crippen LogP contribution in [0.4, 0.5) is 4.39 Å². The summed E-state index contributed by atoms with van der Waals surface area (Å²) >= 11 is 0. The fourth-order valence-electron chi connectivity index (χ4n) is 1.69. The van der Waals surface area contributed by atoms with Gasteiger partial charge in [0.05, 0.1) is 5.25 Å². The maximum atomic E-state index is 13.8. The average molecular weight is 257 g/mol. The third kappa shape index (κ3) is 2.35. The fourth-order valence-corrected chi connectivity index (χ4v) is 3.39. The molecule has 5 heteroatoms. The SMILES string of the molecule is CC(C)(N)c1ccc(S(=O)(=O)C2CC2)c(F)c1. The summed E-state index contributed by atoms with van der Waals surface area (Å²) in [6.07, 6.45) is 1.26. The van der Waals surface area contributed by atoms with Crippen molar-refractivity contribution in [1.29, 1.82) is 0 Å². The monoisotopic (exact) mass is 257 g/mol. The van der Waals surface area contributed by atoms with Gasteiger partial charge in [0, 0.05) is 5.54 Å². The van der Waals surface area contributed by atoms with Crippen molar-refractivity contribution in [2.45, 2.75) is 42.4 Å². The Morgan fingerprint density at radius 2 is 1.94 bits per heavy atom. The molecule has 0 radical (unpaired) electrons. The number of hydrogen-bond acceptors (Lipinski definition) is 3. The van der Waals surface area contributed by atoms with Crippen molar-refractivity contribution in [2.24, 2.45) is 5.73 Å². The normalized spacial score (nSPS) is 17.2. The number of benzene rings is 1. The van der Waals surface area contributed by atoms with Gasteiger partial charge in [0.1, 0.15) is 10.7 Å². The van der Waals surface area contributed by atoms with Crippen molar-refractivity contribution >= 4 is 9.84 Å². The smallest absolute Gasteiger partial charge is 0.184 e. The van der Waals surface area contributed by atoms with Gasteiger partial charge in [0.15, 0.2) is 9.84 Å². The van der Waals surface area contributed by atoms with E-state index in [2.05, 4.69) is 0 Å². The minimum atomic E-state index is -3.47. The molecule has 0 aromatic heterocycles. The highest BCUT2D eigenvalue weighted by atomic mass is 32.2. The van der Waals surface area contributed by atoms with Crippen molar-refractivity contribution in [3.05, 3.63) is 29.6 Å². The molecular formula is C12H16FNO2S. The molecule has 1 aliphatic carbocycles. The first-order chi connectivity index (χ1) is 7.73. The molecular weight excluding hydrogens is 241 g/mol. The highest BCUT2D eigenvalue weighted by Crippen LogP contribution is 2.35. The van der Waals surface area contributed by atoms with E-state index in [9.17, 15) is 12.8 Å². The highest BCUT2D eigenvalue weighted by Gasteiger charge is 2.38. The van der Waals surface area contributed by atoms with Crippen molar-refractivity contribution < 1.29 is 12.8 Å². The van der Waals surface area contributed by atoms with E-state index in [1.165, 1.54) is 12.1 Å². The molecule has 0 saturated heterocycles. The van der Waals surface area contributed by atoms with Gasteiger partial charge in [-0.3, -0.25) is 0 Å². The van der Waals surface area contributed by atoms with Crippen LogP contribution < -0.4 is 5.73 Å². The van der Waals surface area contributed by atoms with Gasteiger partial charge in [0.25, 0.3) is 0 Å². The lowest BCUT2D eigenvalue weighted by Gasteiger charge is -2.19. The second-order valence-electron chi connectivity index (χ2n) is 5.11. The summed E-state index contributed by atoms with van der Waals surface area (Å²) in [5, 5.41) is -0.395. The summed E-state index contributed by atoms with van der Waals surface area (Å²) in [5.41, 5.74) is 5.75. The van der Waals surface area contributed by atoms with Gasteiger partial charge < -0.3 is 5.73 Å². The largest absolute Gasteiger partial charge is 0.322 e. The first-order valence-corrected chi connectivity index (χ1v) is 7.10. The molecule has 1 fully saturated rings. The maximum Gasteiger partial charge on any atom is 0.184 e. The van der Waals surface area contributed by atoms with E-state index < -0.39 is 26.4 Å². The van der Waals surface area contributed by atoms with E-state index in [4.69, 9.17) is 5.73 Å². The third-order valence-electron chi connectivity index (χ3n) is 2.95. The molecule has 2 N–H and O–H groups in total. The lowest BCUT2D eigenvalue weighted by atomic mass is 9.96. The molecule has 1 aromatic carbocycles. The molecule has 2 rings (SSSR count). The number of nitrogens with two attached hydrogens (primary N) is 1. The van der Waals surface area contributed by atoms with Crippen molar-refractivity contribution in [2.75, 3.05) is 0 Å². The molecule has 1 saturated carbocycles. The van der Waals surface area contributed by atoms with Gasteiger partial charge in [-0.15, -0.1) is 0 Å². The van der Waals surface area contributed by atoms with Crippen molar-refractivity contribution in [3.8, 4) is 0 Å². The van der Waals surface area contributed by atoms with Crippen LogP contribution in [-0.2, 0) is 15.4 Å². The van der Waals surface area contributed by atoms with Crippen LogP contribution >= 0.6 is 0 Å². The molecule has 0 unspecified atom stereocenters. The van der Waals surface area contributed by atoms with Crippen LogP contribution in [0.15, 0.2) is 23.1 Å². The average Bonchev–Trinajstić information content (AvgIpc) is 2.98. The van der Waals surface area contributed by atoms with Gasteiger partial charge >= 0.3 is 0 Å². The molecule has 0 aliphatic heterocycles. The van der Waals surface area contributed by atoms with E-state index in [-0.39, 0.29) is 4.90 Å². The predicted molar refractivity (Wildman–Crippen MR) is 63.8 cm³/mol. The number of hydrogen-bond donors (Lipinski definition) is 1. The lowest BCUT2D eigenvalue weighted by Crippen LogP contribution is -2.28. The molecule has 0 amide bonds. The highest BCUT2D eigenvalue weighted by molar-refractivity contribution is 7.92. The summed E-state index contributed by atoms with van der Waals surface area (Å²) in [6, 6.07) is 4.13. The Labute approximate surface area is 101 Å². The van der Waals surface area contributed by atoms with Gasteiger partial charge in [0.2, 0.25) is 0 Å². The number of sulfone groups is 1. The number of rotatable bonds is 3. The van der Waals surface area contributed by atoms with Crippen molar-refractivity contribution in [3.63, 3.8) is 0 Å². The molecule has 1 aromatic rings. The molecule has 0 atom stereocenters. The first kappa shape index (κ1) is 12.5. The van der Waals surface area contributed by atoms with Crippen LogP contribution in [0, 0.1) is 5.82 Å². The molecule has 17 heavy (non-hydrogen) atoms. The maximum absolute atomic E-state index is 13.8. The van der Waals surface area contributed by atoms with Gasteiger partial charge in [-0.25, -0.2) is 12.8 Å². The second-order valence-corrected chi connectivity index (χ2v) is 7.31. The van der Waals surface area contributed by atoms with E-state index in [1.54, 1.807) is 19.9 Å². The van der Waals surface area contributed by atoms with E-state index >= 15 is 0 Å². The Morgan fingerprint density at radius 3 is 2.35 bits per heavy atom. The van der Waals surface area contributed by atoms with E-state index in [0.717, 1.165) is 0 Å². The Morgan fingerprint density at radius 1 is 1.35 bits per heavy atom. The van der Waals surface area contributed by atoms with Crippen LogP contribution in [0.3, 0.4) is 0 Å². The molecule has 3 nitrogen and oxygen atoms in total. The minimum Gasteiger partial charge on any atom is -0.322 e. The molecule has 0 spiro atoms. The topological polar surface area (TPSA) is 60.2 Å². The van der Waals surface area contributed by atoms with E-state index in [1.807, 2.05) is 0 Å². The minimum absolute atomic E-state index is 0.201. The van der Waals surface area contributed by atoms with Gasteiger partial charge in [-0.05, 0) is 44.4 Å². The van der Waals surface area contributed by atoms with Crippen LogP contribution in [0.5, 0.6) is 0 Å². The van der Waals surface area contributed by atoms with Crippen LogP contribution in [0.1, 0.15) is 32.3 Å². The predicted octanol–water partition coefficient (Wildman–Crippen LogP) is 1.96. The Bertz CT molecular complexity index is 542. The third-order valence-corrected chi connectivity index (χ3v) is 5.24. The Balaban J connectivity index is 2.46. The fraction of sp³-hybridized carbons (Fsp3) is 0.500. The zero-order valence-corrected chi connectivity index (χ0v) is 10.7. The summed E-state index contributed by atoms with van der Waals surface area (Å²) in [6.45, 7) is 3.49. The molecule has 94 valence electrons. The number of halogens is 1. The summed E-state index contributed by atoms with van der Waals surface area (Å²) in [7, 11) is -3.47. The standard InChI is InChI=1S/C12H16FNO2S/c1-12(2,14)8-3-6-11(10(13)7-8)17(15,16)9-4-5-9/h3,6-7,9H,4-5,14H2,1-2H3. The Hall–Kier alpha value is -0.940. The van der Waals surface area contributed by atoms with Crippen LogP contribution in [0.2, 0.25) is 0 Å². The quantitative estimate of drug-likeness (QED) is 0.900. The second kappa shape index (κ2) is 3.78. The zero-order valence-electron chi connectivity index (χ0n) is 9.90. The zero-order chi connectivity index (χ0) is 12.8. The summed E-state index contributed by atoms with van der Waals surface area (Å²) < 4.78 is 37.6. The Kier molecular flexibility index (Phi) is 2.78. The molecule has 0 heterocycles. The molecule has 0 bridgehead atoms. The van der Waals surface area contributed by atoms with E-state index in [0.29, 0.717) is 18.4 Å². The summed E-state index contributed by atoms with van der Waals surface area (Å²) in [4.78, 5) is -0.201. The van der Waals surface area contributed by atoms with Crippen molar-refractivity contribution in [1.82, 2.24) is 0 Å². The molecule has 1 aliphatic rings. The van der Waals surface area contributed by atoms with Crippen LogP contribution in [-0.4, -0.2) is 13.7 Å². The lowest BCUT2D eigenvalue weighted by molar-refractivity contribution is 0.532.